The number of nitrogens with zero attached hydrogens (tertiary/aromatic N) is 4. The molecule has 1 fully saturated rings. The van der Waals surface area contributed by atoms with Crippen molar-refractivity contribution in [2.75, 3.05) is 31.1 Å². The van der Waals surface area contributed by atoms with Gasteiger partial charge in [-0.15, -0.1) is 0 Å². The van der Waals surface area contributed by atoms with Crippen LogP contribution >= 0.6 is 0 Å². The van der Waals surface area contributed by atoms with Crippen molar-refractivity contribution in [3.63, 3.8) is 0 Å². The Morgan fingerprint density at radius 1 is 0.853 bits per heavy atom. The average molecular weight is 449 g/mol. The van der Waals surface area contributed by atoms with Crippen molar-refractivity contribution in [1.29, 1.82) is 0 Å². The topological polar surface area (TPSA) is 80.9 Å². The van der Waals surface area contributed by atoms with Gasteiger partial charge in [-0.25, -0.2) is 4.98 Å². The lowest BCUT2D eigenvalue weighted by atomic mass is 10.1. The summed E-state index contributed by atoms with van der Waals surface area (Å²) in [5.74, 6) is 0.720. The van der Waals surface area contributed by atoms with Gasteiger partial charge in [0.2, 0.25) is 0 Å². The van der Waals surface area contributed by atoms with Crippen LogP contribution in [-0.4, -0.2) is 57.2 Å². The summed E-state index contributed by atoms with van der Waals surface area (Å²) < 4.78 is 0. The number of anilines is 1. The predicted octanol–water partition coefficient (Wildman–Crippen LogP) is 4.58. The predicted molar refractivity (Wildman–Crippen MR) is 134 cm³/mol. The molecule has 2 N–H and O–H groups in total. The van der Waals surface area contributed by atoms with Crippen LogP contribution in [0, 0.1) is 0 Å². The van der Waals surface area contributed by atoms with E-state index in [1.54, 1.807) is 0 Å². The fourth-order valence-electron chi connectivity index (χ4n) is 4.52. The van der Waals surface area contributed by atoms with E-state index in [9.17, 15) is 4.79 Å². The maximum Gasteiger partial charge on any atom is 0.253 e. The fourth-order valence-corrected chi connectivity index (χ4v) is 4.52. The molecule has 1 amide bonds. The number of benzene rings is 3. The van der Waals surface area contributed by atoms with Gasteiger partial charge in [0.1, 0.15) is 5.69 Å². The van der Waals surface area contributed by atoms with Crippen LogP contribution in [0.4, 0.5) is 5.69 Å². The molecule has 5 aromatic rings. The van der Waals surface area contributed by atoms with Gasteiger partial charge in [0.15, 0.2) is 5.82 Å². The molecule has 168 valence electrons. The number of imidazole rings is 1. The van der Waals surface area contributed by atoms with Gasteiger partial charge in [-0.3, -0.25) is 9.89 Å². The Morgan fingerprint density at radius 2 is 1.59 bits per heavy atom. The van der Waals surface area contributed by atoms with Crippen molar-refractivity contribution in [3.05, 3.63) is 90.6 Å². The third kappa shape index (κ3) is 3.71. The summed E-state index contributed by atoms with van der Waals surface area (Å²) in [6.07, 6.45) is 1.88. The molecule has 2 aromatic heterocycles. The molecule has 0 saturated carbocycles. The third-order valence-corrected chi connectivity index (χ3v) is 6.37. The normalized spacial score (nSPS) is 14.0. The van der Waals surface area contributed by atoms with Crippen molar-refractivity contribution in [1.82, 2.24) is 25.1 Å². The van der Waals surface area contributed by atoms with Crippen LogP contribution in [0.5, 0.6) is 0 Å². The quantitative estimate of drug-likeness (QED) is 0.422. The second kappa shape index (κ2) is 8.51. The van der Waals surface area contributed by atoms with Crippen molar-refractivity contribution in [2.24, 2.45) is 0 Å². The Balaban J connectivity index is 1.23. The molecule has 3 aromatic carbocycles. The van der Waals surface area contributed by atoms with E-state index in [0.717, 1.165) is 35.2 Å². The summed E-state index contributed by atoms with van der Waals surface area (Å²) in [4.78, 5) is 25.5. The second-order valence-electron chi connectivity index (χ2n) is 8.45. The molecular formula is C27H24N6O. The van der Waals surface area contributed by atoms with Crippen molar-refractivity contribution in [2.45, 2.75) is 0 Å². The standard InChI is InChI=1S/C27H24N6O/c34-27(33-15-13-32(14-16-33)21-9-5-2-6-10-21)20-11-12-23-22(17-20)25(31-30-23)26-28-18-24(29-26)19-7-3-1-4-8-19/h1-12,17-18H,13-16H2,(H,28,29)(H,30,31). The summed E-state index contributed by atoms with van der Waals surface area (Å²) in [6.45, 7) is 3.04. The molecule has 0 unspecified atom stereocenters. The second-order valence-corrected chi connectivity index (χ2v) is 8.45. The Labute approximate surface area is 197 Å². The first-order chi connectivity index (χ1) is 16.8. The largest absolute Gasteiger partial charge is 0.368 e. The van der Waals surface area contributed by atoms with E-state index >= 15 is 0 Å². The number of aromatic amines is 2. The van der Waals surface area contributed by atoms with Gasteiger partial charge in [0.05, 0.1) is 11.2 Å². The molecule has 0 radical (unpaired) electrons. The van der Waals surface area contributed by atoms with Crippen LogP contribution in [0.15, 0.2) is 85.1 Å². The maximum absolute atomic E-state index is 13.3. The van der Waals surface area contributed by atoms with Crippen LogP contribution in [-0.2, 0) is 0 Å². The van der Waals surface area contributed by atoms with Gasteiger partial charge < -0.3 is 14.8 Å². The Kier molecular flexibility index (Phi) is 5.07. The molecule has 6 rings (SSSR count). The van der Waals surface area contributed by atoms with Gasteiger partial charge in [-0.1, -0.05) is 48.5 Å². The smallest absolute Gasteiger partial charge is 0.253 e. The summed E-state index contributed by atoms with van der Waals surface area (Å²) >= 11 is 0. The number of carbonyl (C=O) groups is 1. The molecule has 7 nitrogen and oxygen atoms in total. The highest BCUT2D eigenvalue weighted by molar-refractivity contribution is 6.01. The van der Waals surface area contributed by atoms with Gasteiger partial charge in [0.25, 0.3) is 5.91 Å². The van der Waals surface area contributed by atoms with Crippen molar-refractivity contribution < 1.29 is 4.79 Å². The maximum atomic E-state index is 13.3. The minimum absolute atomic E-state index is 0.0474. The van der Waals surface area contributed by atoms with Gasteiger partial charge in [0, 0.05) is 54.6 Å². The Bertz CT molecular complexity index is 1430. The molecule has 1 aliphatic rings. The summed E-state index contributed by atoms with van der Waals surface area (Å²) in [5, 5.41) is 8.42. The number of hydrogen-bond acceptors (Lipinski definition) is 4. The van der Waals surface area contributed by atoms with E-state index in [0.29, 0.717) is 30.2 Å². The van der Waals surface area contributed by atoms with Gasteiger partial charge in [-0.2, -0.15) is 5.10 Å². The minimum atomic E-state index is 0.0474. The first-order valence-electron chi connectivity index (χ1n) is 11.4. The number of piperazine rings is 1. The highest BCUT2D eigenvalue weighted by atomic mass is 16.2. The lowest BCUT2D eigenvalue weighted by Crippen LogP contribution is -2.48. The number of H-pyrrole nitrogens is 2. The van der Waals surface area contributed by atoms with E-state index in [1.165, 1.54) is 5.69 Å². The van der Waals surface area contributed by atoms with Gasteiger partial charge >= 0.3 is 0 Å². The van der Waals surface area contributed by atoms with Crippen LogP contribution in [0.2, 0.25) is 0 Å². The Morgan fingerprint density at radius 3 is 2.35 bits per heavy atom. The lowest BCUT2D eigenvalue weighted by Gasteiger charge is -2.36. The molecule has 1 aliphatic heterocycles. The zero-order valence-corrected chi connectivity index (χ0v) is 18.6. The van der Waals surface area contributed by atoms with Crippen molar-refractivity contribution in [3.8, 4) is 22.8 Å². The highest BCUT2D eigenvalue weighted by Crippen LogP contribution is 2.28. The number of aromatic nitrogens is 4. The van der Waals surface area contributed by atoms with E-state index < -0.39 is 0 Å². The first kappa shape index (κ1) is 20.2. The van der Waals surface area contributed by atoms with E-state index in [1.807, 2.05) is 77.8 Å². The molecule has 7 heteroatoms. The van der Waals surface area contributed by atoms with E-state index in [4.69, 9.17) is 4.98 Å². The molecular weight excluding hydrogens is 424 g/mol. The number of amides is 1. The molecule has 0 atom stereocenters. The van der Waals surface area contributed by atoms with Crippen LogP contribution < -0.4 is 4.90 Å². The summed E-state index contributed by atoms with van der Waals surface area (Å²) in [6, 6.07) is 26.1. The molecule has 1 saturated heterocycles. The molecule has 3 heterocycles. The SMILES string of the molecule is O=C(c1ccc2[nH]nc(-c3nc(-c4ccccc4)c[nH]3)c2c1)N1CCN(c2ccccc2)CC1. The van der Waals surface area contributed by atoms with E-state index in [2.05, 4.69) is 32.2 Å². The lowest BCUT2D eigenvalue weighted by molar-refractivity contribution is 0.0747. The molecule has 0 bridgehead atoms. The van der Waals surface area contributed by atoms with Crippen molar-refractivity contribution >= 4 is 22.5 Å². The molecule has 0 aliphatic carbocycles. The van der Waals surface area contributed by atoms with Gasteiger partial charge in [-0.05, 0) is 30.3 Å². The third-order valence-electron chi connectivity index (χ3n) is 6.37. The summed E-state index contributed by atoms with van der Waals surface area (Å²) in [7, 11) is 0. The first-order valence-corrected chi connectivity index (χ1v) is 11.4. The zero-order chi connectivity index (χ0) is 22.9. The monoisotopic (exact) mass is 448 g/mol. The van der Waals surface area contributed by atoms with E-state index in [-0.39, 0.29) is 5.91 Å². The number of carbonyl (C=O) groups excluding carboxylic acids is 1. The van der Waals surface area contributed by atoms with Crippen LogP contribution in [0.25, 0.3) is 33.7 Å². The molecule has 0 spiro atoms. The summed E-state index contributed by atoms with van der Waals surface area (Å²) in [5.41, 5.74) is 5.34. The molecule has 34 heavy (non-hydrogen) atoms. The number of para-hydroxylation sites is 1. The number of hydrogen-bond donors (Lipinski definition) is 2. The van der Waals surface area contributed by atoms with Crippen LogP contribution in [0.3, 0.4) is 0 Å². The fraction of sp³-hybridized carbons (Fsp3) is 0.148. The van der Waals surface area contributed by atoms with Crippen LogP contribution in [0.1, 0.15) is 10.4 Å². The highest BCUT2D eigenvalue weighted by Gasteiger charge is 2.23. The number of fused-ring (bicyclic) bond motifs is 1. The number of rotatable bonds is 4. The number of nitrogens with one attached hydrogen (secondary N) is 2. The average Bonchev–Trinajstić information content (AvgIpc) is 3.56. The zero-order valence-electron chi connectivity index (χ0n) is 18.6. The minimum Gasteiger partial charge on any atom is -0.368 e. The Hall–Kier alpha value is -4.39.